The van der Waals surface area contributed by atoms with Crippen LogP contribution in [0.15, 0.2) is 34.9 Å². The summed E-state index contributed by atoms with van der Waals surface area (Å²) in [7, 11) is 0. The Labute approximate surface area is 235 Å². The Balaban J connectivity index is 1.79. The number of halogens is 1. The fourth-order valence-electron chi connectivity index (χ4n) is 3.85. The molecule has 1 aliphatic heterocycles. The van der Waals surface area contributed by atoms with Crippen LogP contribution in [0.3, 0.4) is 0 Å². The molecule has 1 fully saturated rings. The Morgan fingerprint density at radius 1 is 1.18 bits per heavy atom. The molecule has 4 rings (SSSR count). The van der Waals surface area contributed by atoms with Gasteiger partial charge in [0.05, 0.1) is 11.2 Å². The summed E-state index contributed by atoms with van der Waals surface area (Å²) < 4.78 is 24.2. The molecule has 3 aromatic rings. The molecule has 0 bridgehead atoms. The van der Waals surface area contributed by atoms with Crippen LogP contribution in [-0.4, -0.2) is 73.2 Å². The lowest BCUT2D eigenvalue weighted by Gasteiger charge is -2.44. The van der Waals surface area contributed by atoms with E-state index in [4.69, 9.17) is 35.8 Å². The molecule has 0 aromatic carbocycles. The van der Waals surface area contributed by atoms with Crippen molar-refractivity contribution in [1.29, 1.82) is 5.26 Å². The van der Waals surface area contributed by atoms with Gasteiger partial charge in [0.15, 0.2) is 17.9 Å². The summed E-state index contributed by atoms with van der Waals surface area (Å²) in [4.78, 5) is 44.8. The zero-order valence-corrected chi connectivity index (χ0v) is 23.1. The van der Waals surface area contributed by atoms with E-state index in [0.29, 0.717) is 15.6 Å². The van der Waals surface area contributed by atoms with Gasteiger partial charge >= 0.3 is 17.9 Å². The number of nitriles is 1. The number of hydrogen-bond acceptors (Lipinski definition) is 14. The summed E-state index contributed by atoms with van der Waals surface area (Å²) in [6.45, 7) is 3.41. The average molecular weight is 593 g/mol. The molecule has 13 nitrogen and oxygen atoms in total. The fourth-order valence-corrected chi connectivity index (χ4v) is 5.83. The molecule has 0 radical (unpaired) electrons. The van der Waals surface area contributed by atoms with Crippen molar-refractivity contribution in [3.63, 3.8) is 0 Å². The Hall–Kier alpha value is -3.58. The van der Waals surface area contributed by atoms with Gasteiger partial charge in [-0.15, -0.1) is 16.4 Å². The van der Waals surface area contributed by atoms with Crippen LogP contribution in [0.1, 0.15) is 32.5 Å². The van der Waals surface area contributed by atoms with Crippen LogP contribution in [0.25, 0.3) is 10.7 Å². The third-order valence-electron chi connectivity index (χ3n) is 5.31. The summed E-state index contributed by atoms with van der Waals surface area (Å²) in [6, 6.07) is 2.46. The minimum absolute atomic E-state index is 0.0416. The van der Waals surface area contributed by atoms with Crippen molar-refractivity contribution >= 4 is 52.6 Å². The van der Waals surface area contributed by atoms with E-state index in [1.807, 2.05) is 6.07 Å². The van der Waals surface area contributed by atoms with E-state index in [9.17, 15) is 14.4 Å². The molecule has 39 heavy (non-hydrogen) atoms. The van der Waals surface area contributed by atoms with E-state index < -0.39 is 47.7 Å². The number of thioether (sulfide) groups is 1. The molecule has 5 atom stereocenters. The summed E-state index contributed by atoms with van der Waals surface area (Å²) in [5.74, 6) is -1.84. The molecule has 0 amide bonds. The molecule has 3 aromatic heterocycles. The van der Waals surface area contributed by atoms with Crippen molar-refractivity contribution in [3.05, 3.63) is 40.8 Å². The number of aromatic nitrogens is 5. The standard InChI is InChI=1S/C23H21ClN6O7S2/c1-11(31)34-10-18-20(35-12(2)32)19(30-9-17(28-29-30)22-26-4-5-38-22)21(36-13(3)33)23(37-18)39-14-6-15(24)16(7-25)27-8-14/h4-6,8-9,18-21,23H,10H2,1-3H3/t18?,19?,20-,21?,23+/m0/s1. The van der Waals surface area contributed by atoms with Gasteiger partial charge in [-0.25, -0.2) is 14.6 Å². The highest BCUT2D eigenvalue weighted by Crippen LogP contribution is 2.42. The van der Waals surface area contributed by atoms with E-state index in [2.05, 4.69) is 20.3 Å². The zero-order valence-electron chi connectivity index (χ0n) is 20.7. The van der Waals surface area contributed by atoms with Gasteiger partial charge in [0.1, 0.15) is 41.0 Å². The quantitative estimate of drug-likeness (QED) is 0.277. The molecule has 1 saturated heterocycles. The van der Waals surface area contributed by atoms with Crippen LogP contribution >= 0.6 is 34.7 Å². The molecule has 0 spiro atoms. The number of ether oxygens (including phenoxy) is 4. The lowest BCUT2D eigenvalue weighted by molar-refractivity contribution is -0.212. The first kappa shape index (κ1) is 28.4. The highest BCUT2D eigenvalue weighted by molar-refractivity contribution is 7.99. The number of thiazole rings is 1. The van der Waals surface area contributed by atoms with Crippen molar-refractivity contribution in [1.82, 2.24) is 25.0 Å². The number of hydrogen-bond donors (Lipinski definition) is 0. The lowest BCUT2D eigenvalue weighted by atomic mass is 9.96. The van der Waals surface area contributed by atoms with Gasteiger partial charge in [-0.2, -0.15) is 5.26 Å². The van der Waals surface area contributed by atoms with Crippen molar-refractivity contribution in [2.45, 2.75) is 55.5 Å². The first-order valence-electron chi connectivity index (χ1n) is 11.3. The smallest absolute Gasteiger partial charge is 0.303 e. The average Bonchev–Trinajstić information content (AvgIpc) is 3.56. The summed E-state index contributed by atoms with van der Waals surface area (Å²) >= 11 is 8.62. The minimum atomic E-state index is -1.10. The molecule has 0 aliphatic carbocycles. The van der Waals surface area contributed by atoms with Crippen LogP contribution < -0.4 is 0 Å². The Kier molecular flexibility index (Phi) is 9.12. The maximum absolute atomic E-state index is 12.3. The van der Waals surface area contributed by atoms with Gasteiger partial charge in [0, 0.05) is 43.4 Å². The number of carbonyl (C=O) groups is 3. The zero-order chi connectivity index (χ0) is 28.1. The maximum Gasteiger partial charge on any atom is 0.303 e. The molecule has 0 saturated carbocycles. The Morgan fingerprint density at radius 3 is 2.54 bits per heavy atom. The topological polar surface area (TPSA) is 168 Å². The van der Waals surface area contributed by atoms with E-state index >= 15 is 0 Å². The maximum atomic E-state index is 12.3. The van der Waals surface area contributed by atoms with E-state index in [0.717, 1.165) is 11.8 Å². The Morgan fingerprint density at radius 2 is 1.92 bits per heavy atom. The fraction of sp³-hybridized carbons (Fsp3) is 0.391. The molecular weight excluding hydrogens is 572 g/mol. The normalized spacial score (nSPS) is 22.5. The second-order valence-corrected chi connectivity index (χ2v) is 10.6. The number of carbonyl (C=O) groups excluding carboxylic acids is 3. The van der Waals surface area contributed by atoms with Crippen LogP contribution in [-0.2, 0) is 33.3 Å². The molecule has 3 unspecified atom stereocenters. The van der Waals surface area contributed by atoms with Gasteiger partial charge in [-0.3, -0.25) is 14.4 Å². The molecule has 204 valence electrons. The van der Waals surface area contributed by atoms with Crippen molar-refractivity contribution < 1.29 is 33.3 Å². The molecule has 0 N–H and O–H groups in total. The molecule has 16 heteroatoms. The van der Waals surface area contributed by atoms with Gasteiger partial charge in [-0.1, -0.05) is 28.6 Å². The number of nitrogens with zero attached hydrogens (tertiary/aromatic N) is 6. The van der Waals surface area contributed by atoms with Crippen molar-refractivity contribution in [2.75, 3.05) is 6.61 Å². The monoisotopic (exact) mass is 592 g/mol. The SMILES string of the molecule is CC(=O)OCC1O[C@H](Sc2cnc(C#N)c(Cl)c2)C(OC(C)=O)C(n2cc(-c3nccs3)nn2)[C@H]1OC(C)=O. The largest absolute Gasteiger partial charge is 0.463 e. The van der Waals surface area contributed by atoms with Crippen molar-refractivity contribution in [3.8, 4) is 16.8 Å². The molecule has 1 aliphatic rings. The summed E-state index contributed by atoms with van der Waals surface area (Å²) in [5, 5.41) is 20.1. The first-order chi connectivity index (χ1) is 18.7. The second kappa shape index (κ2) is 12.5. The molecule has 4 heterocycles. The number of rotatable bonds is 8. The van der Waals surface area contributed by atoms with Gasteiger partial charge < -0.3 is 18.9 Å². The highest BCUT2D eigenvalue weighted by atomic mass is 35.5. The molecular formula is C23H21ClN6O7S2. The van der Waals surface area contributed by atoms with Gasteiger partial charge in [0.25, 0.3) is 0 Å². The highest BCUT2D eigenvalue weighted by Gasteiger charge is 2.52. The first-order valence-corrected chi connectivity index (χ1v) is 13.5. The summed E-state index contributed by atoms with van der Waals surface area (Å²) in [6.07, 6.45) is 1.47. The predicted octanol–water partition coefficient (Wildman–Crippen LogP) is 2.81. The predicted molar refractivity (Wildman–Crippen MR) is 136 cm³/mol. The van der Waals surface area contributed by atoms with Crippen LogP contribution in [0, 0.1) is 11.3 Å². The van der Waals surface area contributed by atoms with E-state index in [1.165, 1.54) is 49.1 Å². The van der Waals surface area contributed by atoms with Crippen LogP contribution in [0.2, 0.25) is 5.02 Å². The van der Waals surface area contributed by atoms with Gasteiger partial charge in [-0.05, 0) is 6.07 Å². The summed E-state index contributed by atoms with van der Waals surface area (Å²) in [5.41, 5.74) is -0.451. The minimum Gasteiger partial charge on any atom is -0.463 e. The van der Waals surface area contributed by atoms with Crippen molar-refractivity contribution in [2.24, 2.45) is 0 Å². The number of esters is 3. The van der Waals surface area contributed by atoms with E-state index in [-0.39, 0.29) is 17.3 Å². The van der Waals surface area contributed by atoms with E-state index in [1.54, 1.807) is 17.8 Å². The number of pyridine rings is 1. The van der Waals surface area contributed by atoms with Gasteiger partial charge in [0.2, 0.25) is 0 Å². The lowest BCUT2D eigenvalue weighted by Crippen LogP contribution is -2.57. The van der Waals surface area contributed by atoms with Crippen LogP contribution in [0.4, 0.5) is 0 Å². The third kappa shape index (κ3) is 6.90. The van der Waals surface area contributed by atoms with Crippen LogP contribution in [0.5, 0.6) is 0 Å². The third-order valence-corrected chi connectivity index (χ3v) is 7.50. The Bertz CT molecular complexity index is 1400. The second-order valence-electron chi connectivity index (χ2n) is 8.14.